The maximum absolute atomic E-state index is 12.6. The van der Waals surface area contributed by atoms with Crippen molar-refractivity contribution in [2.75, 3.05) is 19.1 Å². The Morgan fingerprint density at radius 3 is 2.35 bits per heavy atom. The quantitative estimate of drug-likeness (QED) is 0.946. The van der Waals surface area contributed by atoms with Crippen molar-refractivity contribution in [2.45, 2.75) is 19.4 Å². The van der Waals surface area contributed by atoms with E-state index in [9.17, 15) is 9.90 Å². The van der Waals surface area contributed by atoms with Gasteiger partial charge in [-0.15, -0.1) is 0 Å². The number of anilines is 1. The van der Waals surface area contributed by atoms with Crippen LogP contribution in [0.2, 0.25) is 0 Å². The summed E-state index contributed by atoms with van der Waals surface area (Å²) >= 11 is 0. The minimum atomic E-state index is 0.0101. The van der Waals surface area contributed by atoms with Gasteiger partial charge in [0.1, 0.15) is 17.2 Å². The number of hydrogen-bond donors (Lipinski definition) is 1. The van der Waals surface area contributed by atoms with Crippen molar-refractivity contribution in [3.05, 3.63) is 47.5 Å². The molecule has 2 aromatic rings. The topological polar surface area (TPSA) is 59.0 Å². The van der Waals surface area contributed by atoms with Crippen LogP contribution in [0.1, 0.15) is 17.5 Å². The van der Waals surface area contributed by atoms with E-state index in [1.165, 1.54) is 0 Å². The van der Waals surface area contributed by atoms with E-state index in [1.54, 1.807) is 37.3 Å². The van der Waals surface area contributed by atoms with Crippen molar-refractivity contribution in [2.24, 2.45) is 0 Å². The minimum absolute atomic E-state index is 0.0101. The smallest absolute Gasteiger partial charge is 0.227 e. The van der Waals surface area contributed by atoms with Gasteiger partial charge in [-0.3, -0.25) is 4.79 Å². The SMILES string of the molecule is COc1ccc(OC)c2c1CCC(=O)N(c1cccc(O)c1)C2. The molecule has 1 aliphatic heterocycles. The van der Waals surface area contributed by atoms with Crippen LogP contribution in [0.5, 0.6) is 17.2 Å². The van der Waals surface area contributed by atoms with Crippen LogP contribution in [0.4, 0.5) is 5.69 Å². The van der Waals surface area contributed by atoms with Crippen LogP contribution < -0.4 is 14.4 Å². The van der Waals surface area contributed by atoms with Crippen LogP contribution in [-0.2, 0) is 17.8 Å². The number of phenolic OH excluding ortho intramolecular Hbond substituents is 1. The van der Waals surface area contributed by atoms with Gasteiger partial charge in [-0.05, 0) is 30.7 Å². The predicted octanol–water partition coefficient (Wildman–Crippen LogP) is 2.89. The number of ether oxygens (including phenoxy) is 2. The molecule has 0 unspecified atom stereocenters. The van der Waals surface area contributed by atoms with Crippen molar-refractivity contribution >= 4 is 11.6 Å². The Kier molecular flexibility index (Phi) is 4.10. The lowest BCUT2D eigenvalue weighted by molar-refractivity contribution is -0.118. The lowest BCUT2D eigenvalue weighted by Gasteiger charge is -2.22. The highest BCUT2D eigenvalue weighted by atomic mass is 16.5. The number of rotatable bonds is 3. The number of benzene rings is 2. The van der Waals surface area contributed by atoms with Gasteiger partial charge in [0.15, 0.2) is 0 Å². The molecule has 5 heteroatoms. The predicted molar refractivity (Wildman–Crippen MR) is 87.2 cm³/mol. The fourth-order valence-electron chi connectivity index (χ4n) is 2.99. The zero-order valence-corrected chi connectivity index (χ0v) is 13.2. The van der Waals surface area contributed by atoms with Crippen LogP contribution in [0.15, 0.2) is 36.4 Å². The molecular weight excluding hydrogens is 294 g/mol. The van der Waals surface area contributed by atoms with Gasteiger partial charge in [-0.25, -0.2) is 0 Å². The number of hydrogen-bond acceptors (Lipinski definition) is 4. The second kappa shape index (κ2) is 6.20. The molecule has 0 spiro atoms. The molecule has 0 saturated carbocycles. The molecule has 3 rings (SSSR count). The average molecular weight is 313 g/mol. The van der Waals surface area contributed by atoms with Crippen molar-refractivity contribution < 1.29 is 19.4 Å². The van der Waals surface area contributed by atoms with Gasteiger partial charge in [0.2, 0.25) is 5.91 Å². The Bertz CT molecular complexity index is 742. The molecule has 120 valence electrons. The summed E-state index contributed by atoms with van der Waals surface area (Å²) in [6, 6.07) is 10.4. The summed E-state index contributed by atoms with van der Waals surface area (Å²) in [4.78, 5) is 14.2. The number of methoxy groups -OCH3 is 2. The van der Waals surface area contributed by atoms with Crippen molar-refractivity contribution in [3.63, 3.8) is 0 Å². The summed E-state index contributed by atoms with van der Waals surface area (Å²) in [5, 5.41) is 9.70. The van der Waals surface area contributed by atoms with E-state index in [0.717, 1.165) is 22.6 Å². The Hall–Kier alpha value is -2.69. The van der Waals surface area contributed by atoms with Crippen LogP contribution >= 0.6 is 0 Å². The summed E-state index contributed by atoms with van der Waals surface area (Å²) in [7, 11) is 3.25. The third kappa shape index (κ3) is 2.82. The maximum atomic E-state index is 12.6. The molecule has 0 bridgehead atoms. The van der Waals surface area contributed by atoms with Crippen LogP contribution in [0.3, 0.4) is 0 Å². The summed E-state index contributed by atoms with van der Waals surface area (Å²) in [6.07, 6.45) is 0.982. The fraction of sp³-hybridized carbons (Fsp3) is 0.278. The Labute approximate surface area is 135 Å². The van der Waals surface area contributed by atoms with Crippen molar-refractivity contribution in [1.82, 2.24) is 0 Å². The van der Waals surface area contributed by atoms with E-state index in [-0.39, 0.29) is 11.7 Å². The van der Waals surface area contributed by atoms with Gasteiger partial charge >= 0.3 is 0 Å². The molecule has 2 aromatic carbocycles. The number of aromatic hydroxyl groups is 1. The number of amides is 1. The molecule has 0 fully saturated rings. The van der Waals surface area contributed by atoms with Crippen LogP contribution in [-0.4, -0.2) is 25.2 Å². The van der Waals surface area contributed by atoms with Crippen LogP contribution in [0, 0.1) is 0 Å². The molecule has 0 aromatic heterocycles. The monoisotopic (exact) mass is 313 g/mol. The van der Waals surface area contributed by atoms with Gasteiger partial charge < -0.3 is 19.5 Å². The van der Waals surface area contributed by atoms with Gasteiger partial charge in [0, 0.05) is 29.3 Å². The fourth-order valence-corrected chi connectivity index (χ4v) is 2.99. The maximum Gasteiger partial charge on any atom is 0.227 e. The average Bonchev–Trinajstić information content (AvgIpc) is 2.74. The van der Waals surface area contributed by atoms with E-state index < -0.39 is 0 Å². The molecular formula is C18H19NO4. The van der Waals surface area contributed by atoms with Gasteiger partial charge in [0.25, 0.3) is 0 Å². The molecule has 0 saturated heterocycles. The van der Waals surface area contributed by atoms with Gasteiger partial charge in [0.05, 0.1) is 20.8 Å². The summed E-state index contributed by atoms with van der Waals surface area (Å²) < 4.78 is 10.9. The molecule has 1 aliphatic rings. The highest BCUT2D eigenvalue weighted by Gasteiger charge is 2.26. The van der Waals surface area contributed by atoms with E-state index in [0.29, 0.717) is 25.1 Å². The Balaban J connectivity index is 2.08. The lowest BCUT2D eigenvalue weighted by Crippen LogP contribution is -2.28. The van der Waals surface area contributed by atoms with E-state index in [4.69, 9.17) is 9.47 Å². The molecule has 23 heavy (non-hydrogen) atoms. The summed E-state index contributed by atoms with van der Waals surface area (Å²) in [6.45, 7) is 0.387. The van der Waals surface area contributed by atoms with E-state index in [2.05, 4.69) is 0 Å². The highest BCUT2D eigenvalue weighted by Crippen LogP contribution is 2.36. The largest absolute Gasteiger partial charge is 0.508 e. The van der Waals surface area contributed by atoms with Gasteiger partial charge in [-0.1, -0.05) is 6.07 Å². The second-order valence-corrected chi connectivity index (χ2v) is 5.43. The lowest BCUT2D eigenvalue weighted by atomic mass is 10.0. The normalized spacial score (nSPS) is 14.2. The van der Waals surface area contributed by atoms with E-state index in [1.807, 2.05) is 18.2 Å². The number of nitrogens with zero attached hydrogens (tertiary/aromatic N) is 1. The number of carbonyl (C=O) groups excluding carboxylic acids is 1. The summed E-state index contributed by atoms with van der Waals surface area (Å²) in [5.74, 6) is 1.65. The van der Waals surface area contributed by atoms with Crippen molar-refractivity contribution in [3.8, 4) is 17.2 Å². The molecule has 0 radical (unpaired) electrons. The van der Waals surface area contributed by atoms with Crippen molar-refractivity contribution in [1.29, 1.82) is 0 Å². The third-order valence-corrected chi connectivity index (χ3v) is 4.13. The molecule has 0 aliphatic carbocycles. The zero-order valence-electron chi connectivity index (χ0n) is 13.2. The van der Waals surface area contributed by atoms with Crippen LogP contribution in [0.25, 0.3) is 0 Å². The summed E-state index contributed by atoms with van der Waals surface area (Å²) in [5.41, 5.74) is 2.62. The highest BCUT2D eigenvalue weighted by molar-refractivity contribution is 5.94. The first-order valence-electron chi connectivity index (χ1n) is 7.46. The molecule has 0 atom stereocenters. The Morgan fingerprint density at radius 2 is 1.70 bits per heavy atom. The zero-order chi connectivity index (χ0) is 16.4. The number of phenols is 1. The minimum Gasteiger partial charge on any atom is -0.508 e. The number of carbonyl (C=O) groups is 1. The standard InChI is InChI=1S/C18H19NO4/c1-22-16-7-8-17(23-2)15-11-19(18(21)9-6-14(15)16)12-4-3-5-13(20)10-12/h3-5,7-8,10,20H,6,9,11H2,1-2H3. The third-order valence-electron chi connectivity index (χ3n) is 4.13. The molecule has 1 N–H and O–H groups in total. The molecule has 5 nitrogen and oxygen atoms in total. The van der Waals surface area contributed by atoms with E-state index >= 15 is 0 Å². The Morgan fingerprint density at radius 1 is 1.00 bits per heavy atom. The first-order valence-corrected chi connectivity index (χ1v) is 7.46. The molecule has 1 heterocycles. The number of fused-ring (bicyclic) bond motifs is 1. The molecule has 1 amide bonds. The second-order valence-electron chi connectivity index (χ2n) is 5.43. The first kappa shape index (κ1) is 15.2. The van der Waals surface area contributed by atoms with Gasteiger partial charge in [-0.2, -0.15) is 0 Å². The first-order chi connectivity index (χ1) is 11.1.